The standard InChI is InChI=1S/C27H26FN5O/c1-18-4-13-23-24(16-18)31-27(33-14-2-3-15-33)32-25(23)29-17-19-5-11-22(12-6-19)30-26(34)20-7-9-21(28)10-8-20/h4-13,16H,2-3,14-15,17H2,1H3,(H,30,34)(H,29,31,32). The molecular weight excluding hydrogens is 429 g/mol. The van der Waals surface area contributed by atoms with Crippen molar-refractivity contribution in [3.05, 3.63) is 89.2 Å². The Hall–Kier alpha value is -4.00. The van der Waals surface area contributed by atoms with E-state index in [4.69, 9.17) is 9.97 Å². The first kappa shape index (κ1) is 21.8. The zero-order chi connectivity index (χ0) is 23.5. The molecule has 1 aromatic heterocycles. The fourth-order valence-electron chi connectivity index (χ4n) is 4.12. The van der Waals surface area contributed by atoms with Crippen LogP contribution in [-0.2, 0) is 6.54 Å². The van der Waals surface area contributed by atoms with Crippen LogP contribution < -0.4 is 15.5 Å². The van der Waals surface area contributed by atoms with Crippen molar-refractivity contribution in [2.75, 3.05) is 28.6 Å². The van der Waals surface area contributed by atoms with Crippen LogP contribution in [0.1, 0.15) is 34.3 Å². The van der Waals surface area contributed by atoms with E-state index in [0.29, 0.717) is 17.8 Å². The van der Waals surface area contributed by atoms with Crippen molar-refractivity contribution < 1.29 is 9.18 Å². The lowest BCUT2D eigenvalue weighted by Gasteiger charge is -2.18. The van der Waals surface area contributed by atoms with E-state index >= 15 is 0 Å². The van der Waals surface area contributed by atoms with Crippen molar-refractivity contribution in [2.24, 2.45) is 0 Å². The number of fused-ring (bicyclic) bond motifs is 1. The summed E-state index contributed by atoms with van der Waals surface area (Å²) in [6, 6.07) is 19.4. The van der Waals surface area contributed by atoms with E-state index < -0.39 is 0 Å². The summed E-state index contributed by atoms with van der Waals surface area (Å²) in [4.78, 5) is 24.2. The van der Waals surface area contributed by atoms with E-state index in [1.165, 1.54) is 42.7 Å². The molecule has 3 aromatic carbocycles. The maximum Gasteiger partial charge on any atom is 0.255 e. The van der Waals surface area contributed by atoms with Gasteiger partial charge in [0.05, 0.1) is 5.52 Å². The molecule has 1 saturated heterocycles. The molecule has 5 rings (SSSR count). The molecule has 0 saturated carbocycles. The average molecular weight is 456 g/mol. The molecule has 1 aliphatic heterocycles. The Bertz CT molecular complexity index is 1320. The van der Waals surface area contributed by atoms with Gasteiger partial charge in [-0.1, -0.05) is 18.2 Å². The molecule has 1 fully saturated rings. The minimum Gasteiger partial charge on any atom is -0.365 e. The van der Waals surface area contributed by atoms with E-state index in [1.54, 1.807) is 0 Å². The lowest BCUT2D eigenvalue weighted by Crippen LogP contribution is -2.21. The maximum absolute atomic E-state index is 13.1. The van der Waals surface area contributed by atoms with Gasteiger partial charge in [0.15, 0.2) is 0 Å². The second kappa shape index (κ2) is 9.47. The summed E-state index contributed by atoms with van der Waals surface area (Å²) in [6.45, 7) is 4.63. The van der Waals surface area contributed by atoms with E-state index in [0.717, 1.165) is 41.3 Å². The molecule has 0 aliphatic carbocycles. The number of nitrogens with zero attached hydrogens (tertiary/aromatic N) is 3. The summed E-state index contributed by atoms with van der Waals surface area (Å²) < 4.78 is 13.1. The largest absolute Gasteiger partial charge is 0.365 e. The Morgan fingerprint density at radius 3 is 2.44 bits per heavy atom. The summed E-state index contributed by atoms with van der Waals surface area (Å²) in [6.07, 6.45) is 2.34. The number of benzene rings is 3. The number of carbonyl (C=O) groups is 1. The zero-order valence-electron chi connectivity index (χ0n) is 19.0. The lowest BCUT2D eigenvalue weighted by atomic mass is 10.1. The van der Waals surface area contributed by atoms with E-state index in [-0.39, 0.29) is 11.7 Å². The van der Waals surface area contributed by atoms with Crippen LogP contribution in [0.15, 0.2) is 66.7 Å². The highest BCUT2D eigenvalue weighted by atomic mass is 19.1. The Kier molecular flexibility index (Phi) is 6.08. The van der Waals surface area contributed by atoms with Gasteiger partial charge >= 0.3 is 0 Å². The highest BCUT2D eigenvalue weighted by Gasteiger charge is 2.17. The van der Waals surface area contributed by atoms with E-state index in [1.807, 2.05) is 24.3 Å². The third kappa shape index (κ3) is 4.83. The van der Waals surface area contributed by atoms with Gasteiger partial charge in [-0.05, 0) is 79.4 Å². The van der Waals surface area contributed by atoms with Crippen molar-refractivity contribution in [3.8, 4) is 0 Å². The van der Waals surface area contributed by atoms with Crippen molar-refractivity contribution in [2.45, 2.75) is 26.3 Å². The molecule has 0 bridgehead atoms. The van der Waals surface area contributed by atoms with E-state index in [2.05, 4.69) is 40.7 Å². The number of amides is 1. The van der Waals surface area contributed by atoms with Crippen molar-refractivity contribution in [1.29, 1.82) is 0 Å². The van der Waals surface area contributed by atoms with Crippen LogP contribution >= 0.6 is 0 Å². The van der Waals surface area contributed by atoms with Gasteiger partial charge in [0.25, 0.3) is 5.91 Å². The number of rotatable bonds is 6. The number of halogens is 1. The summed E-state index contributed by atoms with van der Waals surface area (Å²) in [5.74, 6) is 0.952. The van der Waals surface area contributed by atoms with Gasteiger partial charge in [0.1, 0.15) is 11.6 Å². The fraction of sp³-hybridized carbons (Fsp3) is 0.222. The van der Waals surface area contributed by atoms with Crippen LogP contribution in [0.3, 0.4) is 0 Å². The molecule has 0 atom stereocenters. The number of aryl methyl sites for hydroxylation is 1. The van der Waals surface area contributed by atoms with Crippen molar-refractivity contribution in [1.82, 2.24) is 9.97 Å². The Morgan fingerprint density at radius 1 is 0.971 bits per heavy atom. The Morgan fingerprint density at radius 2 is 1.71 bits per heavy atom. The fourth-order valence-corrected chi connectivity index (χ4v) is 4.12. The second-order valence-electron chi connectivity index (χ2n) is 8.60. The summed E-state index contributed by atoms with van der Waals surface area (Å²) in [5.41, 5.74) is 4.26. The van der Waals surface area contributed by atoms with Gasteiger partial charge in [-0.3, -0.25) is 4.79 Å². The number of carbonyl (C=O) groups excluding carboxylic acids is 1. The number of aromatic nitrogens is 2. The average Bonchev–Trinajstić information content (AvgIpc) is 3.38. The Balaban J connectivity index is 1.30. The molecular formula is C27H26FN5O. The first-order valence-corrected chi connectivity index (χ1v) is 11.5. The lowest BCUT2D eigenvalue weighted by molar-refractivity contribution is 0.102. The van der Waals surface area contributed by atoms with Crippen molar-refractivity contribution in [3.63, 3.8) is 0 Å². The van der Waals surface area contributed by atoms with Gasteiger partial charge in [0.2, 0.25) is 5.95 Å². The first-order chi connectivity index (χ1) is 16.5. The van der Waals surface area contributed by atoms with Crippen LogP contribution in [-0.4, -0.2) is 29.0 Å². The number of hydrogen-bond acceptors (Lipinski definition) is 5. The molecule has 6 nitrogen and oxygen atoms in total. The third-order valence-electron chi connectivity index (χ3n) is 6.01. The minimum absolute atomic E-state index is 0.275. The maximum atomic E-state index is 13.1. The highest BCUT2D eigenvalue weighted by molar-refractivity contribution is 6.04. The van der Waals surface area contributed by atoms with Gasteiger partial charge in [-0.25, -0.2) is 9.37 Å². The summed E-state index contributed by atoms with van der Waals surface area (Å²) >= 11 is 0. The molecule has 172 valence electrons. The summed E-state index contributed by atoms with van der Waals surface area (Å²) in [7, 11) is 0. The first-order valence-electron chi connectivity index (χ1n) is 11.5. The predicted octanol–water partition coefficient (Wildman–Crippen LogP) is 5.54. The van der Waals surface area contributed by atoms with Crippen LogP contribution in [0.25, 0.3) is 10.9 Å². The second-order valence-corrected chi connectivity index (χ2v) is 8.60. The SMILES string of the molecule is Cc1ccc2c(NCc3ccc(NC(=O)c4ccc(F)cc4)cc3)nc(N3CCCC3)nc2c1. The van der Waals surface area contributed by atoms with Gasteiger partial charge < -0.3 is 15.5 Å². The van der Waals surface area contributed by atoms with Gasteiger partial charge in [0, 0.05) is 36.3 Å². The van der Waals surface area contributed by atoms with Crippen LogP contribution in [0, 0.1) is 12.7 Å². The quantitative estimate of drug-likeness (QED) is 0.399. The van der Waals surface area contributed by atoms with Gasteiger partial charge in [-0.2, -0.15) is 4.98 Å². The third-order valence-corrected chi connectivity index (χ3v) is 6.01. The van der Waals surface area contributed by atoms with Crippen LogP contribution in [0.2, 0.25) is 0 Å². The van der Waals surface area contributed by atoms with Crippen LogP contribution in [0.4, 0.5) is 21.8 Å². The molecule has 34 heavy (non-hydrogen) atoms. The van der Waals surface area contributed by atoms with E-state index in [9.17, 15) is 9.18 Å². The summed E-state index contributed by atoms with van der Waals surface area (Å²) in [5, 5.41) is 7.31. The topological polar surface area (TPSA) is 70.2 Å². The molecule has 1 amide bonds. The molecule has 0 radical (unpaired) electrons. The molecule has 4 aromatic rings. The molecule has 2 N–H and O–H groups in total. The predicted molar refractivity (Wildman–Crippen MR) is 134 cm³/mol. The molecule has 7 heteroatoms. The van der Waals surface area contributed by atoms with Crippen LogP contribution in [0.5, 0.6) is 0 Å². The minimum atomic E-state index is -0.368. The number of nitrogens with one attached hydrogen (secondary N) is 2. The smallest absolute Gasteiger partial charge is 0.255 e. The normalized spacial score (nSPS) is 13.3. The number of anilines is 3. The highest BCUT2D eigenvalue weighted by Crippen LogP contribution is 2.27. The molecule has 1 aliphatic rings. The Labute approximate surface area is 197 Å². The van der Waals surface area contributed by atoms with Crippen molar-refractivity contribution >= 4 is 34.3 Å². The number of hydrogen-bond donors (Lipinski definition) is 2. The monoisotopic (exact) mass is 455 g/mol. The zero-order valence-corrected chi connectivity index (χ0v) is 19.0. The molecule has 0 spiro atoms. The molecule has 0 unspecified atom stereocenters. The molecule has 2 heterocycles. The van der Waals surface area contributed by atoms with Gasteiger partial charge in [-0.15, -0.1) is 0 Å².